The maximum absolute atomic E-state index is 13.1. The third-order valence-corrected chi connectivity index (χ3v) is 2.48. The van der Waals surface area contributed by atoms with Gasteiger partial charge in [-0.1, -0.05) is 0 Å². The molecule has 1 atom stereocenters. The summed E-state index contributed by atoms with van der Waals surface area (Å²) in [5.41, 5.74) is 5.50. The second-order valence-corrected chi connectivity index (χ2v) is 3.72. The summed E-state index contributed by atoms with van der Waals surface area (Å²) in [7, 11) is 0. The van der Waals surface area contributed by atoms with Crippen LogP contribution in [0.2, 0.25) is 0 Å². The number of hydrogen-bond donors (Lipinski definition) is 1. The van der Waals surface area contributed by atoms with Crippen LogP contribution < -0.4 is 10.5 Å². The molecule has 2 N–H and O–H groups in total. The highest BCUT2D eigenvalue weighted by atomic mass is 19.1. The summed E-state index contributed by atoms with van der Waals surface area (Å²) >= 11 is 0. The van der Waals surface area contributed by atoms with Crippen LogP contribution in [0.15, 0.2) is 18.2 Å². The van der Waals surface area contributed by atoms with Crippen LogP contribution in [0.4, 0.5) is 10.1 Å². The van der Waals surface area contributed by atoms with E-state index in [4.69, 9.17) is 15.2 Å². The van der Waals surface area contributed by atoms with E-state index in [9.17, 15) is 4.39 Å². The second kappa shape index (κ2) is 4.49. The van der Waals surface area contributed by atoms with Crippen molar-refractivity contribution in [1.82, 2.24) is 0 Å². The van der Waals surface area contributed by atoms with Gasteiger partial charge in [0.1, 0.15) is 11.6 Å². The third kappa shape index (κ3) is 2.59. The molecular formula is C11H14FNO2. The van der Waals surface area contributed by atoms with Crippen LogP contribution in [-0.4, -0.2) is 19.8 Å². The molecular weight excluding hydrogens is 197 g/mol. The quantitative estimate of drug-likeness (QED) is 0.776. The molecule has 0 spiro atoms. The summed E-state index contributed by atoms with van der Waals surface area (Å²) in [5, 5.41) is 0. The Morgan fingerprint density at radius 2 is 2.40 bits per heavy atom. The van der Waals surface area contributed by atoms with Crippen LogP contribution in [0.3, 0.4) is 0 Å². The lowest BCUT2D eigenvalue weighted by Gasteiger charge is -2.10. The number of nitrogen functional groups attached to an aromatic ring is 1. The topological polar surface area (TPSA) is 44.5 Å². The van der Waals surface area contributed by atoms with Crippen LogP contribution in [0, 0.1) is 11.7 Å². The van der Waals surface area contributed by atoms with E-state index in [2.05, 4.69) is 0 Å². The standard InChI is InChI=1S/C11H14FNO2/c12-10-5-9(1-2-11(10)13)15-7-8-3-4-14-6-8/h1-2,5,8H,3-4,6-7,13H2. The molecule has 0 bridgehead atoms. The monoisotopic (exact) mass is 211 g/mol. The molecule has 3 nitrogen and oxygen atoms in total. The third-order valence-electron chi connectivity index (χ3n) is 2.48. The molecule has 0 amide bonds. The molecule has 82 valence electrons. The Kier molecular flexibility index (Phi) is 3.06. The maximum atomic E-state index is 13.1. The minimum atomic E-state index is -0.435. The molecule has 1 aromatic carbocycles. The smallest absolute Gasteiger partial charge is 0.149 e. The Labute approximate surface area is 88.0 Å². The Bertz CT molecular complexity index is 337. The van der Waals surface area contributed by atoms with Crippen molar-refractivity contribution in [2.45, 2.75) is 6.42 Å². The Balaban J connectivity index is 1.90. The first-order valence-corrected chi connectivity index (χ1v) is 5.01. The van der Waals surface area contributed by atoms with Gasteiger partial charge in [0.25, 0.3) is 0 Å². The van der Waals surface area contributed by atoms with Crippen molar-refractivity contribution in [2.75, 3.05) is 25.6 Å². The lowest BCUT2D eigenvalue weighted by Crippen LogP contribution is -2.11. The lowest BCUT2D eigenvalue weighted by molar-refractivity contribution is 0.167. The molecule has 0 saturated carbocycles. The van der Waals surface area contributed by atoms with E-state index >= 15 is 0 Å². The molecule has 0 aromatic heterocycles. The number of benzene rings is 1. The van der Waals surface area contributed by atoms with Gasteiger partial charge in [-0.05, 0) is 18.6 Å². The van der Waals surface area contributed by atoms with Gasteiger partial charge < -0.3 is 15.2 Å². The second-order valence-electron chi connectivity index (χ2n) is 3.72. The van der Waals surface area contributed by atoms with Crippen molar-refractivity contribution in [3.8, 4) is 5.75 Å². The van der Waals surface area contributed by atoms with E-state index < -0.39 is 5.82 Å². The van der Waals surface area contributed by atoms with E-state index in [1.807, 2.05) is 0 Å². The number of rotatable bonds is 3. The van der Waals surface area contributed by atoms with Crippen molar-refractivity contribution in [1.29, 1.82) is 0 Å². The van der Waals surface area contributed by atoms with Crippen LogP contribution in [0.1, 0.15) is 6.42 Å². The zero-order valence-electron chi connectivity index (χ0n) is 8.41. The van der Waals surface area contributed by atoms with Gasteiger partial charge in [0.05, 0.1) is 18.9 Å². The van der Waals surface area contributed by atoms with Gasteiger partial charge in [0.15, 0.2) is 0 Å². The molecule has 1 aliphatic rings. The van der Waals surface area contributed by atoms with Gasteiger partial charge >= 0.3 is 0 Å². The fourth-order valence-electron chi connectivity index (χ4n) is 1.53. The van der Waals surface area contributed by atoms with Crippen molar-refractivity contribution >= 4 is 5.69 Å². The summed E-state index contributed by atoms with van der Waals surface area (Å²) in [6.07, 6.45) is 1.01. The summed E-state index contributed by atoms with van der Waals surface area (Å²) in [6, 6.07) is 4.50. The molecule has 1 fully saturated rings. The van der Waals surface area contributed by atoms with Gasteiger partial charge in [-0.2, -0.15) is 0 Å². The minimum absolute atomic E-state index is 0.145. The SMILES string of the molecule is Nc1ccc(OCC2CCOC2)cc1F. The van der Waals surface area contributed by atoms with Crippen LogP contribution in [0.25, 0.3) is 0 Å². The molecule has 1 saturated heterocycles. The molecule has 4 heteroatoms. The van der Waals surface area contributed by atoms with Crippen LogP contribution >= 0.6 is 0 Å². The van der Waals surface area contributed by atoms with Crippen molar-refractivity contribution in [2.24, 2.45) is 5.92 Å². The molecule has 15 heavy (non-hydrogen) atoms. The van der Waals surface area contributed by atoms with Gasteiger partial charge in [0.2, 0.25) is 0 Å². The van der Waals surface area contributed by atoms with E-state index in [1.165, 1.54) is 12.1 Å². The lowest BCUT2D eigenvalue weighted by atomic mass is 10.1. The van der Waals surface area contributed by atoms with Gasteiger partial charge in [-0.15, -0.1) is 0 Å². The molecule has 0 aliphatic carbocycles. The predicted molar refractivity (Wildman–Crippen MR) is 55.2 cm³/mol. The number of anilines is 1. The summed E-state index contributed by atoms with van der Waals surface area (Å²) in [5.74, 6) is 0.509. The molecule has 1 heterocycles. The molecule has 1 unspecified atom stereocenters. The van der Waals surface area contributed by atoms with Gasteiger partial charge in [0, 0.05) is 18.6 Å². The molecule has 1 aliphatic heterocycles. The number of nitrogens with two attached hydrogens (primary N) is 1. The van der Waals surface area contributed by atoms with E-state index in [1.54, 1.807) is 6.07 Å². The first-order chi connectivity index (χ1) is 7.25. The maximum Gasteiger partial charge on any atom is 0.149 e. The predicted octanol–water partition coefficient (Wildman–Crippen LogP) is 1.82. The fraction of sp³-hybridized carbons (Fsp3) is 0.455. The van der Waals surface area contributed by atoms with Gasteiger partial charge in [-0.3, -0.25) is 0 Å². The van der Waals surface area contributed by atoms with Gasteiger partial charge in [-0.25, -0.2) is 4.39 Å². The van der Waals surface area contributed by atoms with E-state index in [0.717, 1.165) is 19.6 Å². The largest absolute Gasteiger partial charge is 0.493 e. The van der Waals surface area contributed by atoms with E-state index in [0.29, 0.717) is 18.3 Å². The highest BCUT2D eigenvalue weighted by Crippen LogP contribution is 2.20. The zero-order chi connectivity index (χ0) is 10.7. The average Bonchev–Trinajstić information content (AvgIpc) is 2.73. The first kappa shape index (κ1) is 10.2. The summed E-state index contributed by atoms with van der Waals surface area (Å²) < 4.78 is 23.7. The summed E-state index contributed by atoms with van der Waals surface area (Å²) in [4.78, 5) is 0. The molecule has 1 aromatic rings. The summed E-state index contributed by atoms with van der Waals surface area (Å²) in [6.45, 7) is 2.10. The Morgan fingerprint density at radius 1 is 1.53 bits per heavy atom. The van der Waals surface area contributed by atoms with Crippen LogP contribution in [-0.2, 0) is 4.74 Å². The average molecular weight is 211 g/mol. The Hall–Kier alpha value is -1.29. The highest BCUT2D eigenvalue weighted by Gasteiger charge is 2.16. The normalized spacial score (nSPS) is 20.5. The Morgan fingerprint density at radius 3 is 3.07 bits per heavy atom. The molecule has 2 rings (SSSR count). The van der Waals surface area contributed by atoms with Crippen molar-refractivity contribution < 1.29 is 13.9 Å². The number of hydrogen-bond acceptors (Lipinski definition) is 3. The van der Waals surface area contributed by atoms with Crippen LogP contribution in [0.5, 0.6) is 5.75 Å². The van der Waals surface area contributed by atoms with E-state index in [-0.39, 0.29) is 5.69 Å². The zero-order valence-corrected chi connectivity index (χ0v) is 8.41. The number of ether oxygens (including phenoxy) is 2. The van der Waals surface area contributed by atoms with Crippen molar-refractivity contribution in [3.63, 3.8) is 0 Å². The fourth-order valence-corrected chi connectivity index (χ4v) is 1.53. The minimum Gasteiger partial charge on any atom is -0.493 e. The molecule has 0 radical (unpaired) electrons. The van der Waals surface area contributed by atoms with Crippen molar-refractivity contribution in [3.05, 3.63) is 24.0 Å². The first-order valence-electron chi connectivity index (χ1n) is 5.01. The highest BCUT2D eigenvalue weighted by molar-refractivity contribution is 5.43. The number of halogens is 1.